The molecule has 1 aromatic carbocycles. The Labute approximate surface area is 113 Å². The van der Waals surface area contributed by atoms with Gasteiger partial charge >= 0.3 is 0 Å². The van der Waals surface area contributed by atoms with E-state index in [0.717, 1.165) is 24.7 Å². The molecule has 0 aliphatic carbocycles. The smallest absolute Gasteiger partial charge is 0.234 e. The molecule has 0 fully saturated rings. The molecule has 0 radical (unpaired) electrons. The summed E-state index contributed by atoms with van der Waals surface area (Å²) >= 11 is 0. The molecule has 4 heteroatoms. The Bertz CT molecular complexity index is 583. The minimum absolute atomic E-state index is 0.0752. The van der Waals surface area contributed by atoms with Crippen molar-refractivity contribution < 1.29 is 4.52 Å². The van der Waals surface area contributed by atoms with Gasteiger partial charge in [0.25, 0.3) is 0 Å². The van der Waals surface area contributed by atoms with Crippen molar-refractivity contribution in [2.45, 2.75) is 38.5 Å². The number of anilines is 1. The van der Waals surface area contributed by atoms with Crippen LogP contribution in [0.5, 0.6) is 0 Å². The number of nitrogens with one attached hydrogen (secondary N) is 1. The second-order valence-electron chi connectivity index (χ2n) is 6.06. The highest BCUT2D eigenvalue weighted by molar-refractivity contribution is 5.56. The van der Waals surface area contributed by atoms with E-state index < -0.39 is 0 Å². The number of aromatic nitrogens is 2. The molecular formula is C15H19N3O. The molecule has 100 valence electrons. The zero-order chi connectivity index (χ0) is 13.5. The van der Waals surface area contributed by atoms with Crippen LogP contribution in [0.25, 0.3) is 0 Å². The molecule has 0 amide bonds. The van der Waals surface area contributed by atoms with Gasteiger partial charge in [0.05, 0.1) is 5.92 Å². The monoisotopic (exact) mass is 257 g/mol. The van der Waals surface area contributed by atoms with E-state index in [1.165, 1.54) is 11.3 Å². The number of hydrogen-bond donors (Lipinski definition) is 1. The zero-order valence-electron chi connectivity index (χ0n) is 11.6. The van der Waals surface area contributed by atoms with Crippen LogP contribution in [0.3, 0.4) is 0 Å². The minimum atomic E-state index is -0.0752. The van der Waals surface area contributed by atoms with Gasteiger partial charge in [-0.25, -0.2) is 0 Å². The molecule has 1 aliphatic rings. The molecular weight excluding hydrogens is 238 g/mol. The molecule has 1 unspecified atom stereocenters. The van der Waals surface area contributed by atoms with Crippen LogP contribution in [-0.2, 0) is 5.41 Å². The fourth-order valence-corrected chi connectivity index (χ4v) is 2.41. The summed E-state index contributed by atoms with van der Waals surface area (Å²) in [5.74, 6) is 1.72. The Morgan fingerprint density at radius 3 is 2.79 bits per heavy atom. The first-order chi connectivity index (χ1) is 9.05. The van der Waals surface area contributed by atoms with E-state index in [2.05, 4.69) is 54.4 Å². The quantitative estimate of drug-likeness (QED) is 0.851. The maximum Gasteiger partial charge on any atom is 0.234 e. The molecule has 19 heavy (non-hydrogen) atoms. The van der Waals surface area contributed by atoms with E-state index in [4.69, 9.17) is 4.52 Å². The molecule has 4 nitrogen and oxygen atoms in total. The molecule has 0 bridgehead atoms. The number of nitrogens with zero attached hydrogens (tertiary/aromatic N) is 2. The van der Waals surface area contributed by atoms with E-state index >= 15 is 0 Å². The Kier molecular flexibility index (Phi) is 2.81. The first-order valence-corrected chi connectivity index (χ1v) is 6.72. The number of fused-ring (bicyclic) bond motifs is 1. The van der Waals surface area contributed by atoms with Crippen molar-refractivity contribution in [3.8, 4) is 0 Å². The van der Waals surface area contributed by atoms with Crippen LogP contribution in [0, 0.1) is 0 Å². The van der Waals surface area contributed by atoms with Crippen LogP contribution in [-0.4, -0.2) is 16.7 Å². The van der Waals surface area contributed by atoms with E-state index in [-0.39, 0.29) is 11.3 Å². The van der Waals surface area contributed by atoms with Gasteiger partial charge in [0, 0.05) is 17.6 Å². The molecule has 1 aliphatic heterocycles. The standard InChI is InChI=1S/C15H19N3O/c1-15(2,3)14-17-13(19-18-14)11-8-9-16-12-7-5-4-6-10(11)12/h4-7,11,16H,8-9H2,1-3H3. The summed E-state index contributed by atoms with van der Waals surface area (Å²) in [6.45, 7) is 7.23. The van der Waals surface area contributed by atoms with E-state index in [1.807, 2.05) is 6.07 Å². The van der Waals surface area contributed by atoms with Crippen LogP contribution >= 0.6 is 0 Å². The van der Waals surface area contributed by atoms with Gasteiger partial charge in [0.15, 0.2) is 5.82 Å². The Balaban J connectivity index is 1.98. The second kappa shape index (κ2) is 4.37. The van der Waals surface area contributed by atoms with Crippen LogP contribution in [0.4, 0.5) is 5.69 Å². The summed E-state index contributed by atoms with van der Waals surface area (Å²) in [6.07, 6.45) is 0.989. The topological polar surface area (TPSA) is 51.0 Å². The predicted molar refractivity (Wildman–Crippen MR) is 74.4 cm³/mol. The molecule has 0 saturated carbocycles. The fraction of sp³-hybridized carbons (Fsp3) is 0.467. The van der Waals surface area contributed by atoms with E-state index in [0.29, 0.717) is 0 Å². The van der Waals surface area contributed by atoms with Crippen LogP contribution in [0.15, 0.2) is 28.8 Å². The summed E-state index contributed by atoms with van der Waals surface area (Å²) < 4.78 is 5.50. The highest BCUT2D eigenvalue weighted by Gasteiger charge is 2.28. The van der Waals surface area contributed by atoms with Crippen LogP contribution < -0.4 is 5.32 Å². The summed E-state index contributed by atoms with van der Waals surface area (Å²) in [6, 6.07) is 8.33. The van der Waals surface area contributed by atoms with E-state index in [1.54, 1.807) is 0 Å². The van der Waals surface area contributed by atoms with Gasteiger partial charge < -0.3 is 9.84 Å². The maximum atomic E-state index is 5.50. The van der Waals surface area contributed by atoms with Crippen molar-refractivity contribution in [1.82, 2.24) is 10.1 Å². The van der Waals surface area contributed by atoms with Gasteiger partial charge in [0.2, 0.25) is 5.89 Å². The zero-order valence-corrected chi connectivity index (χ0v) is 11.6. The lowest BCUT2D eigenvalue weighted by atomic mass is 9.90. The molecule has 1 N–H and O–H groups in total. The summed E-state index contributed by atoms with van der Waals surface area (Å²) in [5.41, 5.74) is 2.35. The van der Waals surface area contributed by atoms with Gasteiger partial charge in [-0.15, -0.1) is 0 Å². The molecule has 2 heterocycles. The van der Waals surface area contributed by atoms with Crippen LogP contribution in [0.1, 0.15) is 50.4 Å². The highest BCUT2D eigenvalue weighted by atomic mass is 16.5. The van der Waals surface area contributed by atoms with Crippen molar-refractivity contribution in [3.63, 3.8) is 0 Å². The normalized spacial score (nSPS) is 18.8. The first kappa shape index (κ1) is 12.2. The summed E-state index contributed by atoms with van der Waals surface area (Å²) in [7, 11) is 0. The van der Waals surface area contributed by atoms with Crippen molar-refractivity contribution in [2.75, 3.05) is 11.9 Å². The van der Waals surface area contributed by atoms with E-state index in [9.17, 15) is 0 Å². The number of para-hydroxylation sites is 1. The third kappa shape index (κ3) is 2.23. The maximum absolute atomic E-state index is 5.50. The van der Waals surface area contributed by atoms with Crippen molar-refractivity contribution in [1.29, 1.82) is 0 Å². The molecule has 3 rings (SSSR count). The van der Waals surface area contributed by atoms with Gasteiger partial charge in [-0.05, 0) is 18.1 Å². The average molecular weight is 257 g/mol. The Morgan fingerprint density at radius 1 is 1.26 bits per heavy atom. The number of rotatable bonds is 1. The molecule has 1 aromatic heterocycles. The third-order valence-electron chi connectivity index (χ3n) is 3.50. The molecule has 2 aromatic rings. The SMILES string of the molecule is CC(C)(C)c1noc(C2CCNc3ccccc32)n1. The lowest BCUT2D eigenvalue weighted by molar-refractivity contribution is 0.348. The Hall–Kier alpha value is -1.84. The van der Waals surface area contributed by atoms with Gasteiger partial charge in [-0.2, -0.15) is 4.98 Å². The molecule has 0 saturated heterocycles. The average Bonchev–Trinajstić information content (AvgIpc) is 2.87. The number of hydrogen-bond acceptors (Lipinski definition) is 4. The van der Waals surface area contributed by atoms with Crippen molar-refractivity contribution in [2.24, 2.45) is 0 Å². The van der Waals surface area contributed by atoms with Gasteiger partial charge in [-0.3, -0.25) is 0 Å². The summed E-state index contributed by atoms with van der Waals surface area (Å²) in [4.78, 5) is 4.60. The third-order valence-corrected chi connectivity index (χ3v) is 3.50. The van der Waals surface area contributed by atoms with Gasteiger partial charge in [0.1, 0.15) is 0 Å². The Morgan fingerprint density at radius 2 is 2.05 bits per heavy atom. The summed E-state index contributed by atoms with van der Waals surface area (Å²) in [5, 5.41) is 7.54. The van der Waals surface area contributed by atoms with Crippen LogP contribution in [0.2, 0.25) is 0 Å². The largest absolute Gasteiger partial charge is 0.385 e. The van der Waals surface area contributed by atoms with Gasteiger partial charge in [-0.1, -0.05) is 44.1 Å². The predicted octanol–water partition coefficient (Wildman–Crippen LogP) is 3.31. The fourth-order valence-electron chi connectivity index (χ4n) is 2.41. The van der Waals surface area contributed by atoms with Crippen molar-refractivity contribution in [3.05, 3.63) is 41.5 Å². The minimum Gasteiger partial charge on any atom is -0.385 e. The molecule has 0 spiro atoms. The lowest BCUT2D eigenvalue weighted by Gasteiger charge is -2.23. The highest BCUT2D eigenvalue weighted by Crippen LogP contribution is 2.36. The second-order valence-corrected chi connectivity index (χ2v) is 6.06. The van der Waals surface area contributed by atoms with Crippen molar-refractivity contribution >= 4 is 5.69 Å². The molecule has 1 atom stereocenters. The lowest BCUT2D eigenvalue weighted by Crippen LogP contribution is -2.18. The number of benzene rings is 1. The first-order valence-electron chi connectivity index (χ1n) is 6.72.